The molecule has 120 valence electrons. The first-order valence-electron chi connectivity index (χ1n) is 7.54. The highest BCUT2D eigenvalue weighted by Gasteiger charge is 2.41. The average Bonchev–Trinajstić information content (AvgIpc) is 2.41. The van der Waals surface area contributed by atoms with E-state index in [0.29, 0.717) is 13.1 Å². The second-order valence-electron chi connectivity index (χ2n) is 5.46. The van der Waals surface area contributed by atoms with E-state index in [-0.39, 0.29) is 18.9 Å². The predicted octanol–water partition coefficient (Wildman–Crippen LogP) is 2.67. The van der Waals surface area contributed by atoms with Crippen LogP contribution in [-0.2, 0) is 4.74 Å². The summed E-state index contributed by atoms with van der Waals surface area (Å²) in [5.74, 6) is -1.11. The van der Waals surface area contributed by atoms with Crippen molar-refractivity contribution in [1.29, 1.82) is 0 Å². The van der Waals surface area contributed by atoms with E-state index in [4.69, 9.17) is 4.74 Å². The van der Waals surface area contributed by atoms with Gasteiger partial charge in [0.25, 0.3) is 0 Å². The molecule has 1 atom stereocenters. The van der Waals surface area contributed by atoms with Crippen molar-refractivity contribution in [1.82, 2.24) is 10.2 Å². The molecule has 20 heavy (non-hydrogen) atoms. The molecule has 0 aromatic carbocycles. The molecule has 0 radical (unpaired) electrons. The van der Waals surface area contributed by atoms with E-state index >= 15 is 0 Å². The van der Waals surface area contributed by atoms with Crippen LogP contribution in [-0.4, -0.2) is 56.5 Å². The molecule has 0 aliphatic carbocycles. The fourth-order valence-electron chi connectivity index (χ4n) is 2.55. The second-order valence-corrected chi connectivity index (χ2v) is 5.46. The number of hydrogen-bond donors (Lipinski definition) is 1. The molecule has 0 saturated carbocycles. The number of rotatable bonds is 8. The SMILES string of the molecule is CCOCCCNCC(C)N1CCC(C(F)(F)F)CC1. The highest BCUT2D eigenvalue weighted by Crippen LogP contribution is 2.34. The smallest absolute Gasteiger partial charge is 0.382 e. The Morgan fingerprint density at radius 1 is 1.30 bits per heavy atom. The average molecular weight is 296 g/mol. The van der Waals surface area contributed by atoms with Gasteiger partial charge in [0.05, 0.1) is 5.92 Å². The van der Waals surface area contributed by atoms with Gasteiger partial charge in [-0.05, 0) is 52.7 Å². The van der Waals surface area contributed by atoms with Crippen molar-refractivity contribution in [3.05, 3.63) is 0 Å². The summed E-state index contributed by atoms with van der Waals surface area (Å²) in [6.07, 6.45) is -2.58. The first-order valence-corrected chi connectivity index (χ1v) is 7.54. The maximum absolute atomic E-state index is 12.6. The van der Waals surface area contributed by atoms with Crippen molar-refractivity contribution in [3.63, 3.8) is 0 Å². The number of ether oxygens (including phenoxy) is 1. The quantitative estimate of drug-likeness (QED) is 0.697. The predicted molar refractivity (Wildman–Crippen MR) is 73.8 cm³/mol. The van der Waals surface area contributed by atoms with Crippen LogP contribution in [0, 0.1) is 5.92 Å². The van der Waals surface area contributed by atoms with E-state index in [1.54, 1.807) is 0 Å². The molecule has 1 aliphatic heterocycles. The maximum Gasteiger partial charge on any atom is 0.391 e. The molecule has 1 saturated heterocycles. The Kier molecular flexibility index (Phi) is 7.84. The van der Waals surface area contributed by atoms with Crippen molar-refractivity contribution in [2.75, 3.05) is 39.4 Å². The van der Waals surface area contributed by atoms with E-state index < -0.39 is 12.1 Å². The third-order valence-corrected chi connectivity index (χ3v) is 3.90. The van der Waals surface area contributed by atoms with Gasteiger partial charge in [-0.15, -0.1) is 0 Å². The van der Waals surface area contributed by atoms with E-state index in [1.165, 1.54) is 0 Å². The summed E-state index contributed by atoms with van der Waals surface area (Å²) in [7, 11) is 0. The van der Waals surface area contributed by atoms with Gasteiger partial charge >= 0.3 is 6.18 Å². The minimum absolute atomic E-state index is 0.234. The summed E-state index contributed by atoms with van der Waals surface area (Å²) in [4.78, 5) is 2.15. The molecule has 0 aromatic rings. The summed E-state index contributed by atoms with van der Waals surface area (Å²) < 4.78 is 43.0. The van der Waals surface area contributed by atoms with Crippen LogP contribution in [0.4, 0.5) is 13.2 Å². The lowest BCUT2D eigenvalue weighted by Gasteiger charge is -2.36. The van der Waals surface area contributed by atoms with Gasteiger partial charge in [0.1, 0.15) is 0 Å². The van der Waals surface area contributed by atoms with Gasteiger partial charge in [-0.1, -0.05) is 0 Å². The van der Waals surface area contributed by atoms with Crippen molar-refractivity contribution in [3.8, 4) is 0 Å². The van der Waals surface area contributed by atoms with E-state index in [2.05, 4.69) is 17.1 Å². The van der Waals surface area contributed by atoms with Crippen LogP contribution >= 0.6 is 0 Å². The zero-order valence-electron chi connectivity index (χ0n) is 12.5. The topological polar surface area (TPSA) is 24.5 Å². The molecule has 1 aliphatic rings. The third kappa shape index (κ3) is 6.41. The number of alkyl halides is 3. The summed E-state index contributed by atoms with van der Waals surface area (Å²) in [5.41, 5.74) is 0. The van der Waals surface area contributed by atoms with E-state index in [9.17, 15) is 13.2 Å². The monoisotopic (exact) mass is 296 g/mol. The fraction of sp³-hybridized carbons (Fsp3) is 1.00. The maximum atomic E-state index is 12.6. The largest absolute Gasteiger partial charge is 0.391 e. The van der Waals surface area contributed by atoms with Crippen molar-refractivity contribution >= 4 is 0 Å². The standard InChI is InChI=1S/C14H27F3N2O/c1-3-20-10-4-7-18-11-12(2)19-8-5-13(6-9-19)14(15,16)17/h12-13,18H,3-11H2,1-2H3. The first-order chi connectivity index (χ1) is 9.45. The number of likely N-dealkylation sites (tertiary alicyclic amines) is 1. The van der Waals surface area contributed by atoms with Gasteiger partial charge in [0, 0.05) is 25.8 Å². The molecule has 1 heterocycles. The lowest BCUT2D eigenvalue weighted by atomic mass is 9.95. The molecule has 1 fully saturated rings. The lowest BCUT2D eigenvalue weighted by Crippen LogP contribution is -2.46. The van der Waals surface area contributed by atoms with Gasteiger partial charge in [0.2, 0.25) is 0 Å². The molecule has 0 aromatic heterocycles. The van der Waals surface area contributed by atoms with E-state index in [0.717, 1.165) is 32.7 Å². The van der Waals surface area contributed by atoms with Crippen LogP contribution in [0.2, 0.25) is 0 Å². The zero-order valence-corrected chi connectivity index (χ0v) is 12.5. The van der Waals surface area contributed by atoms with Crippen LogP contribution in [0.5, 0.6) is 0 Å². The van der Waals surface area contributed by atoms with E-state index in [1.807, 2.05) is 6.92 Å². The molecule has 1 unspecified atom stereocenters. The lowest BCUT2D eigenvalue weighted by molar-refractivity contribution is -0.185. The summed E-state index contributed by atoms with van der Waals surface area (Å²) in [5, 5.41) is 3.34. The molecule has 6 heteroatoms. The Bertz CT molecular complexity index is 253. The number of nitrogens with one attached hydrogen (secondary N) is 1. The Morgan fingerprint density at radius 2 is 1.95 bits per heavy atom. The van der Waals surface area contributed by atoms with Gasteiger partial charge in [-0.25, -0.2) is 0 Å². The minimum Gasteiger partial charge on any atom is -0.382 e. The summed E-state index contributed by atoms with van der Waals surface area (Å²) in [6, 6.07) is 0.288. The molecule has 1 rings (SSSR count). The fourth-order valence-corrected chi connectivity index (χ4v) is 2.55. The normalized spacial score (nSPS) is 20.2. The van der Waals surface area contributed by atoms with Crippen molar-refractivity contribution < 1.29 is 17.9 Å². The minimum atomic E-state index is -4.02. The van der Waals surface area contributed by atoms with Crippen LogP contribution in [0.1, 0.15) is 33.1 Å². The van der Waals surface area contributed by atoms with Gasteiger partial charge in [0.15, 0.2) is 0 Å². The number of hydrogen-bond acceptors (Lipinski definition) is 3. The van der Waals surface area contributed by atoms with Gasteiger partial charge in [-0.3, -0.25) is 4.90 Å². The Morgan fingerprint density at radius 3 is 2.50 bits per heavy atom. The van der Waals surface area contributed by atoms with Crippen LogP contribution in [0.15, 0.2) is 0 Å². The number of nitrogens with zero attached hydrogens (tertiary/aromatic N) is 1. The van der Waals surface area contributed by atoms with Crippen LogP contribution in [0.25, 0.3) is 0 Å². The molecular weight excluding hydrogens is 269 g/mol. The first kappa shape index (κ1) is 17.7. The third-order valence-electron chi connectivity index (χ3n) is 3.90. The molecule has 3 nitrogen and oxygen atoms in total. The van der Waals surface area contributed by atoms with Crippen molar-refractivity contribution in [2.45, 2.75) is 45.3 Å². The highest BCUT2D eigenvalue weighted by atomic mass is 19.4. The van der Waals surface area contributed by atoms with Crippen molar-refractivity contribution in [2.24, 2.45) is 5.92 Å². The van der Waals surface area contributed by atoms with Gasteiger partial charge < -0.3 is 10.1 Å². The van der Waals surface area contributed by atoms with Crippen LogP contribution in [0.3, 0.4) is 0 Å². The summed E-state index contributed by atoms with van der Waals surface area (Å²) in [6.45, 7) is 8.35. The molecule has 0 amide bonds. The Hall–Kier alpha value is -0.330. The number of halogens is 3. The molecule has 1 N–H and O–H groups in total. The second kappa shape index (κ2) is 8.85. The van der Waals surface area contributed by atoms with Crippen LogP contribution < -0.4 is 5.32 Å². The van der Waals surface area contributed by atoms with Gasteiger partial charge in [-0.2, -0.15) is 13.2 Å². The molecule has 0 bridgehead atoms. The Labute approximate surface area is 119 Å². The summed E-state index contributed by atoms with van der Waals surface area (Å²) >= 11 is 0. The molecule has 0 spiro atoms. The molecular formula is C14H27F3N2O. The number of piperidine rings is 1. The Balaban J connectivity index is 2.11. The highest BCUT2D eigenvalue weighted by molar-refractivity contribution is 4.80. The zero-order chi connectivity index (χ0) is 15.0.